The maximum Gasteiger partial charge on any atom is 0.387 e. The van der Waals surface area contributed by atoms with Crippen LogP contribution in [0.2, 0.25) is 0 Å². The fraction of sp³-hybridized carbons (Fsp3) is 0.286. The predicted molar refractivity (Wildman–Crippen MR) is 74.1 cm³/mol. The Kier molecular flexibility index (Phi) is 4.54. The van der Waals surface area contributed by atoms with Gasteiger partial charge in [-0.3, -0.25) is 0 Å². The molecule has 0 aliphatic carbocycles. The number of benzene rings is 1. The Labute approximate surface area is 119 Å². The van der Waals surface area contributed by atoms with Crippen LogP contribution < -0.4 is 10.1 Å². The minimum atomic E-state index is -3.03. The van der Waals surface area contributed by atoms with Gasteiger partial charge in [0.1, 0.15) is 0 Å². The monoisotopic (exact) mass is 301 g/mol. The molecule has 0 saturated heterocycles. The van der Waals surface area contributed by atoms with Crippen LogP contribution in [0.25, 0.3) is 0 Å². The van der Waals surface area contributed by atoms with Crippen LogP contribution in [0.1, 0.15) is 22.7 Å². The number of ether oxygens (including phenoxy) is 1. The van der Waals surface area contributed by atoms with Gasteiger partial charge in [0.05, 0.1) is 6.04 Å². The molecule has 20 heavy (non-hydrogen) atoms. The third-order valence-corrected chi connectivity index (χ3v) is 3.90. The summed E-state index contributed by atoms with van der Waals surface area (Å²) < 4.78 is 41.7. The highest BCUT2D eigenvalue weighted by Crippen LogP contribution is 2.28. The summed E-state index contributed by atoms with van der Waals surface area (Å²) >= 11 is 1.65. The van der Waals surface area contributed by atoms with Crippen molar-refractivity contribution in [2.75, 3.05) is 5.32 Å². The number of nitrogens with one attached hydrogen (secondary N) is 1. The highest BCUT2D eigenvalue weighted by atomic mass is 32.1. The van der Waals surface area contributed by atoms with Crippen molar-refractivity contribution < 1.29 is 17.9 Å². The summed E-state index contributed by atoms with van der Waals surface area (Å²) in [5.41, 5.74) is 0.516. The topological polar surface area (TPSA) is 21.3 Å². The zero-order chi connectivity index (χ0) is 14.7. The quantitative estimate of drug-likeness (QED) is 0.842. The molecule has 6 heteroatoms. The molecule has 0 spiro atoms. The molecule has 1 aromatic heterocycles. The van der Waals surface area contributed by atoms with Crippen LogP contribution in [0.15, 0.2) is 30.3 Å². The second kappa shape index (κ2) is 6.17. The molecule has 1 N–H and O–H groups in total. The Morgan fingerprint density at radius 3 is 2.50 bits per heavy atom. The van der Waals surface area contributed by atoms with Crippen molar-refractivity contribution in [3.8, 4) is 5.75 Å². The van der Waals surface area contributed by atoms with Gasteiger partial charge in [-0.2, -0.15) is 8.78 Å². The average Bonchev–Trinajstić information content (AvgIpc) is 2.79. The van der Waals surface area contributed by atoms with Gasteiger partial charge in [0.2, 0.25) is 0 Å². The number of hydrogen-bond acceptors (Lipinski definition) is 3. The number of anilines is 1. The summed E-state index contributed by atoms with van der Waals surface area (Å²) in [5, 5.41) is 3.12. The first kappa shape index (κ1) is 14.7. The molecule has 2 nitrogen and oxygen atoms in total. The van der Waals surface area contributed by atoms with Crippen molar-refractivity contribution in [2.24, 2.45) is 0 Å². The maximum absolute atomic E-state index is 13.6. The summed E-state index contributed by atoms with van der Waals surface area (Å²) in [6, 6.07) is 7.87. The number of rotatable bonds is 5. The van der Waals surface area contributed by atoms with Gasteiger partial charge >= 0.3 is 6.61 Å². The van der Waals surface area contributed by atoms with Gasteiger partial charge in [-0.15, -0.1) is 11.3 Å². The van der Waals surface area contributed by atoms with Crippen molar-refractivity contribution >= 4 is 17.0 Å². The average molecular weight is 301 g/mol. The van der Waals surface area contributed by atoms with Crippen LogP contribution in [0.4, 0.5) is 18.9 Å². The van der Waals surface area contributed by atoms with Crippen molar-refractivity contribution in [3.05, 3.63) is 45.9 Å². The summed E-state index contributed by atoms with van der Waals surface area (Å²) in [4.78, 5) is 2.32. The van der Waals surface area contributed by atoms with Crippen molar-refractivity contribution in [1.82, 2.24) is 0 Å². The summed E-state index contributed by atoms with van der Waals surface area (Å²) in [7, 11) is 0. The molecule has 0 radical (unpaired) electrons. The first-order valence-electron chi connectivity index (χ1n) is 6.03. The van der Waals surface area contributed by atoms with Gasteiger partial charge in [0.15, 0.2) is 11.6 Å². The Morgan fingerprint density at radius 1 is 1.20 bits per heavy atom. The maximum atomic E-state index is 13.6. The molecular formula is C14H14F3NOS. The molecule has 1 unspecified atom stereocenters. The van der Waals surface area contributed by atoms with E-state index in [0.29, 0.717) is 5.69 Å². The second-order valence-electron chi connectivity index (χ2n) is 4.34. The van der Waals surface area contributed by atoms with Crippen LogP contribution in [0, 0.1) is 12.7 Å². The molecule has 1 atom stereocenters. The standard InChI is InChI=1S/C14H14F3NOS/c1-8-3-6-13(20-8)9(2)18-10-4-5-12(11(15)7-10)19-14(16)17/h3-7,9,14,18H,1-2H3. The lowest BCUT2D eigenvalue weighted by Gasteiger charge is -2.14. The molecule has 0 saturated carbocycles. The van der Waals surface area contributed by atoms with Gasteiger partial charge in [-0.25, -0.2) is 4.39 Å². The van der Waals surface area contributed by atoms with Crippen LogP contribution in [-0.4, -0.2) is 6.61 Å². The number of hydrogen-bond donors (Lipinski definition) is 1. The van der Waals surface area contributed by atoms with Crippen molar-refractivity contribution in [1.29, 1.82) is 0 Å². The molecule has 1 heterocycles. The van der Waals surface area contributed by atoms with E-state index in [4.69, 9.17) is 0 Å². The SMILES string of the molecule is Cc1ccc(C(C)Nc2ccc(OC(F)F)c(F)c2)s1. The lowest BCUT2D eigenvalue weighted by Crippen LogP contribution is -2.07. The van der Waals surface area contributed by atoms with Gasteiger partial charge < -0.3 is 10.1 Å². The van der Waals surface area contributed by atoms with E-state index < -0.39 is 18.2 Å². The zero-order valence-electron chi connectivity index (χ0n) is 11.0. The van der Waals surface area contributed by atoms with E-state index >= 15 is 0 Å². The highest BCUT2D eigenvalue weighted by Gasteiger charge is 2.12. The zero-order valence-corrected chi connectivity index (χ0v) is 11.8. The molecular weight excluding hydrogens is 287 g/mol. The van der Waals surface area contributed by atoms with Crippen molar-refractivity contribution in [2.45, 2.75) is 26.5 Å². The predicted octanol–water partition coefficient (Wildman–Crippen LogP) is 4.97. The van der Waals surface area contributed by atoms with E-state index in [1.165, 1.54) is 17.0 Å². The third kappa shape index (κ3) is 3.66. The lowest BCUT2D eigenvalue weighted by molar-refractivity contribution is -0.0521. The van der Waals surface area contributed by atoms with E-state index in [1.807, 2.05) is 26.0 Å². The van der Waals surface area contributed by atoms with Gasteiger partial charge in [0, 0.05) is 21.5 Å². The Bertz CT molecular complexity index is 586. The van der Waals surface area contributed by atoms with E-state index in [-0.39, 0.29) is 6.04 Å². The molecule has 2 rings (SSSR count). The number of thiophene rings is 1. The molecule has 0 aliphatic rings. The van der Waals surface area contributed by atoms with Crippen LogP contribution in [-0.2, 0) is 0 Å². The van der Waals surface area contributed by atoms with Crippen molar-refractivity contribution in [3.63, 3.8) is 0 Å². The van der Waals surface area contributed by atoms with Crippen LogP contribution in [0.3, 0.4) is 0 Å². The van der Waals surface area contributed by atoms with E-state index in [0.717, 1.165) is 10.9 Å². The largest absolute Gasteiger partial charge is 0.432 e. The van der Waals surface area contributed by atoms with Crippen LogP contribution in [0.5, 0.6) is 5.75 Å². The Hall–Kier alpha value is -1.69. The number of alkyl halides is 2. The number of halogens is 3. The van der Waals surface area contributed by atoms with Crippen LogP contribution >= 0.6 is 11.3 Å². The van der Waals surface area contributed by atoms with E-state index in [1.54, 1.807) is 11.3 Å². The molecule has 0 aliphatic heterocycles. The second-order valence-corrected chi connectivity index (χ2v) is 5.66. The van der Waals surface area contributed by atoms with E-state index in [9.17, 15) is 13.2 Å². The summed E-state index contributed by atoms with van der Waals surface area (Å²) in [6.07, 6.45) is 0. The van der Waals surface area contributed by atoms with Gasteiger partial charge in [-0.05, 0) is 38.1 Å². The third-order valence-electron chi connectivity index (χ3n) is 2.72. The summed E-state index contributed by atoms with van der Waals surface area (Å²) in [5.74, 6) is -1.27. The fourth-order valence-electron chi connectivity index (χ4n) is 1.79. The Morgan fingerprint density at radius 2 is 1.95 bits per heavy atom. The molecule has 0 bridgehead atoms. The first-order valence-corrected chi connectivity index (χ1v) is 6.84. The fourth-order valence-corrected chi connectivity index (χ4v) is 2.67. The molecule has 0 fully saturated rings. The van der Waals surface area contributed by atoms with E-state index in [2.05, 4.69) is 10.1 Å². The molecule has 108 valence electrons. The number of aryl methyl sites for hydroxylation is 1. The van der Waals surface area contributed by atoms with Gasteiger partial charge in [0.25, 0.3) is 0 Å². The minimum absolute atomic E-state index is 0.00923. The summed E-state index contributed by atoms with van der Waals surface area (Å²) in [6.45, 7) is 0.931. The van der Waals surface area contributed by atoms with Gasteiger partial charge in [-0.1, -0.05) is 0 Å². The molecule has 2 aromatic rings. The minimum Gasteiger partial charge on any atom is -0.432 e. The smallest absolute Gasteiger partial charge is 0.387 e. The highest BCUT2D eigenvalue weighted by molar-refractivity contribution is 7.12. The first-order chi connectivity index (χ1) is 9.45. The normalized spacial score (nSPS) is 12.5. The molecule has 0 amide bonds. The Balaban J connectivity index is 2.08. The lowest BCUT2D eigenvalue weighted by atomic mass is 10.2. The molecule has 1 aromatic carbocycles.